The van der Waals surface area contributed by atoms with E-state index in [1.54, 1.807) is 0 Å². The maximum atomic E-state index is 12.4. The van der Waals surface area contributed by atoms with E-state index in [0.29, 0.717) is 13.2 Å². The summed E-state index contributed by atoms with van der Waals surface area (Å²) in [5, 5.41) is 2.96. The number of benzene rings is 2. The molecule has 2 aromatic carbocycles. The van der Waals surface area contributed by atoms with Gasteiger partial charge in [-0.1, -0.05) is 17.7 Å². The van der Waals surface area contributed by atoms with Gasteiger partial charge in [0.05, 0.1) is 13.2 Å². The molecule has 1 N–H and O–H groups in total. The summed E-state index contributed by atoms with van der Waals surface area (Å²) >= 11 is 0. The molecule has 0 radical (unpaired) electrons. The number of nitrogens with zero attached hydrogens (tertiary/aromatic N) is 1. The van der Waals surface area contributed by atoms with Crippen molar-refractivity contribution < 1.29 is 9.53 Å². The SMILES string of the molecule is CCOc1ccc(NC(=O)CN2CCCc3cc(C)ccc32)cc1. The Hall–Kier alpha value is -2.49. The van der Waals surface area contributed by atoms with Gasteiger partial charge in [0, 0.05) is 17.9 Å². The number of carbonyl (C=O) groups is 1. The van der Waals surface area contributed by atoms with Gasteiger partial charge in [-0.05, 0) is 62.6 Å². The van der Waals surface area contributed by atoms with E-state index in [-0.39, 0.29) is 5.91 Å². The normalized spacial score (nSPS) is 13.3. The third kappa shape index (κ3) is 3.88. The number of rotatable bonds is 5. The number of carbonyl (C=O) groups excluding carboxylic acids is 1. The molecule has 0 spiro atoms. The van der Waals surface area contributed by atoms with Crippen molar-refractivity contribution >= 4 is 17.3 Å². The second-order valence-corrected chi connectivity index (χ2v) is 6.16. The van der Waals surface area contributed by atoms with Crippen LogP contribution in [0.5, 0.6) is 5.75 Å². The zero-order valence-electron chi connectivity index (χ0n) is 14.3. The molecule has 0 saturated heterocycles. The lowest BCUT2D eigenvalue weighted by Crippen LogP contribution is -2.36. The number of fused-ring (bicyclic) bond motifs is 1. The van der Waals surface area contributed by atoms with Crippen LogP contribution in [0.3, 0.4) is 0 Å². The molecule has 2 aromatic rings. The van der Waals surface area contributed by atoms with Gasteiger partial charge >= 0.3 is 0 Å². The molecule has 4 nitrogen and oxygen atoms in total. The van der Waals surface area contributed by atoms with Crippen LogP contribution in [0.25, 0.3) is 0 Å². The highest BCUT2D eigenvalue weighted by molar-refractivity contribution is 5.94. The summed E-state index contributed by atoms with van der Waals surface area (Å²) in [6.45, 7) is 6.00. The smallest absolute Gasteiger partial charge is 0.243 e. The van der Waals surface area contributed by atoms with Crippen molar-refractivity contribution in [1.82, 2.24) is 0 Å². The molecule has 0 aliphatic carbocycles. The van der Waals surface area contributed by atoms with Gasteiger partial charge in [0.15, 0.2) is 0 Å². The Kier molecular flexibility index (Phi) is 5.04. The van der Waals surface area contributed by atoms with Gasteiger partial charge in [0.2, 0.25) is 5.91 Å². The summed E-state index contributed by atoms with van der Waals surface area (Å²) in [4.78, 5) is 14.6. The molecule has 1 amide bonds. The van der Waals surface area contributed by atoms with Gasteiger partial charge in [-0.25, -0.2) is 0 Å². The average Bonchev–Trinajstić information content (AvgIpc) is 2.57. The highest BCUT2D eigenvalue weighted by Crippen LogP contribution is 2.27. The third-order valence-electron chi connectivity index (χ3n) is 4.23. The zero-order chi connectivity index (χ0) is 16.9. The first-order chi connectivity index (χ1) is 11.7. The Morgan fingerprint density at radius 2 is 2.00 bits per heavy atom. The molecule has 0 unspecified atom stereocenters. The Bertz CT molecular complexity index is 710. The topological polar surface area (TPSA) is 41.6 Å². The van der Waals surface area contributed by atoms with E-state index in [4.69, 9.17) is 4.74 Å². The van der Waals surface area contributed by atoms with Crippen molar-refractivity contribution in [3.8, 4) is 5.75 Å². The van der Waals surface area contributed by atoms with Crippen molar-refractivity contribution in [2.45, 2.75) is 26.7 Å². The Morgan fingerprint density at radius 1 is 1.21 bits per heavy atom. The predicted molar refractivity (Wildman–Crippen MR) is 98.0 cm³/mol. The summed E-state index contributed by atoms with van der Waals surface area (Å²) in [7, 11) is 0. The van der Waals surface area contributed by atoms with Gasteiger partial charge in [0.25, 0.3) is 0 Å². The number of hydrogen-bond donors (Lipinski definition) is 1. The lowest BCUT2D eigenvalue weighted by Gasteiger charge is -2.31. The Morgan fingerprint density at radius 3 is 2.75 bits per heavy atom. The number of hydrogen-bond acceptors (Lipinski definition) is 3. The molecule has 0 atom stereocenters. The quantitative estimate of drug-likeness (QED) is 0.910. The number of ether oxygens (including phenoxy) is 1. The first-order valence-corrected chi connectivity index (χ1v) is 8.53. The summed E-state index contributed by atoms with van der Waals surface area (Å²) in [5.74, 6) is 0.823. The molecule has 0 saturated carbocycles. The van der Waals surface area contributed by atoms with E-state index in [2.05, 4.69) is 35.3 Å². The van der Waals surface area contributed by atoms with E-state index in [1.807, 2.05) is 31.2 Å². The summed E-state index contributed by atoms with van der Waals surface area (Å²) in [6.07, 6.45) is 2.18. The van der Waals surface area contributed by atoms with Gasteiger partial charge in [0.1, 0.15) is 5.75 Å². The lowest BCUT2D eigenvalue weighted by molar-refractivity contribution is -0.115. The molecule has 0 aromatic heterocycles. The monoisotopic (exact) mass is 324 g/mol. The Balaban J connectivity index is 1.63. The summed E-state index contributed by atoms with van der Waals surface area (Å²) < 4.78 is 5.42. The van der Waals surface area contributed by atoms with E-state index >= 15 is 0 Å². The van der Waals surface area contributed by atoms with Crippen LogP contribution >= 0.6 is 0 Å². The third-order valence-corrected chi connectivity index (χ3v) is 4.23. The average molecular weight is 324 g/mol. The minimum atomic E-state index is 0.00702. The maximum absolute atomic E-state index is 12.4. The molecule has 126 valence electrons. The molecule has 3 rings (SSSR count). The molecule has 1 aliphatic rings. The van der Waals surface area contributed by atoms with Crippen LogP contribution in [-0.4, -0.2) is 25.6 Å². The minimum Gasteiger partial charge on any atom is -0.494 e. The van der Waals surface area contributed by atoms with Crippen molar-refractivity contribution in [3.05, 3.63) is 53.6 Å². The van der Waals surface area contributed by atoms with E-state index in [1.165, 1.54) is 16.8 Å². The van der Waals surface area contributed by atoms with Crippen LogP contribution < -0.4 is 15.0 Å². The Labute approximate surface area is 143 Å². The molecule has 0 fully saturated rings. The number of anilines is 2. The van der Waals surface area contributed by atoms with E-state index < -0.39 is 0 Å². The second-order valence-electron chi connectivity index (χ2n) is 6.16. The second kappa shape index (κ2) is 7.39. The fraction of sp³-hybridized carbons (Fsp3) is 0.350. The largest absolute Gasteiger partial charge is 0.494 e. The molecular weight excluding hydrogens is 300 g/mol. The number of nitrogens with one attached hydrogen (secondary N) is 1. The van der Waals surface area contributed by atoms with Crippen LogP contribution in [0.15, 0.2) is 42.5 Å². The van der Waals surface area contributed by atoms with Crippen molar-refractivity contribution in [1.29, 1.82) is 0 Å². The lowest BCUT2D eigenvalue weighted by atomic mass is 9.99. The highest BCUT2D eigenvalue weighted by Gasteiger charge is 2.19. The van der Waals surface area contributed by atoms with Crippen LogP contribution in [0, 0.1) is 6.92 Å². The molecule has 4 heteroatoms. The van der Waals surface area contributed by atoms with Crippen LogP contribution in [-0.2, 0) is 11.2 Å². The van der Waals surface area contributed by atoms with Crippen molar-refractivity contribution in [2.75, 3.05) is 29.9 Å². The van der Waals surface area contributed by atoms with Crippen molar-refractivity contribution in [3.63, 3.8) is 0 Å². The minimum absolute atomic E-state index is 0.00702. The fourth-order valence-electron chi connectivity index (χ4n) is 3.14. The number of amides is 1. The first kappa shape index (κ1) is 16.4. The fourth-order valence-corrected chi connectivity index (χ4v) is 3.14. The predicted octanol–water partition coefficient (Wildman–Crippen LogP) is 3.79. The zero-order valence-corrected chi connectivity index (χ0v) is 14.3. The van der Waals surface area contributed by atoms with Crippen LogP contribution in [0.1, 0.15) is 24.5 Å². The summed E-state index contributed by atoms with van der Waals surface area (Å²) in [6, 6.07) is 14.0. The van der Waals surface area contributed by atoms with Gasteiger partial charge in [-0.15, -0.1) is 0 Å². The highest BCUT2D eigenvalue weighted by atomic mass is 16.5. The van der Waals surface area contributed by atoms with Crippen LogP contribution in [0.2, 0.25) is 0 Å². The standard InChI is InChI=1S/C20H24N2O2/c1-3-24-18-9-7-17(8-10-18)21-20(23)14-22-12-4-5-16-13-15(2)6-11-19(16)22/h6-11,13H,3-5,12,14H2,1-2H3,(H,21,23). The van der Waals surface area contributed by atoms with Gasteiger partial charge in [-0.2, -0.15) is 0 Å². The van der Waals surface area contributed by atoms with Gasteiger partial charge in [-0.3, -0.25) is 4.79 Å². The van der Waals surface area contributed by atoms with Gasteiger partial charge < -0.3 is 15.0 Å². The van der Waals surface area contributed by atoms with E-state index in [0.717, 1.165) is 30.8 Å². The molecule has 1 aliphatic heterocycles. The molecule has 1 heterocycles. The molecule has 0 bridgehead atoms. The summed E-state index contributed by atoms with van der Waals surface area (Å²) in [5.41, 5.74) is 4.60. The maximum Gasteiger partial charge on any atom is 0.243 e. The van der Waals surface area contributed by atoms with E-state index in [9.17, 15) is 4.79 Å². The molecular formula is C20H24N2O2. The number of aryl methyl sites for hydroxylation is 2. The molecule has 24 heavy (non-hydrogen) atoms. The van der Waals surface area contributed by atoms with Crippen molar-refractivity contribution in [2.24, 2.45) is 0 Å². The first-order valence-electron chi connectivity index (χ1n) is 8.53. The van der Waals surface area contributed by atoms with Crippen LogP contribution in [0.4, 0.5) is 11.4 Å².